The fourth-order valence-electron chi connectivity index (χ4n) is 1.84. The quantitative estimate of drug-likeness (QED) is 0.816. The van der Waals surface area contributed by atoms with E-state index in [4.69, 9.17) is 5.26 Å². The second-order valence-electron chi connectivity index (χ2n) is 5.95. The fraction of sp³-hybridized carbons (Fsp3) is 0.467. The standard InChI is InChI=1S/C15H17F3N2O4S/c1-9(2)25(23,24)8-14(3,22)13(21)20-11-5-4-10(7-19)12(6-11)15(16,17)18/h4-6,9,22H,8H2,1-3H3,(H,20,21). The minimum absolute atomic E-state index is 0.321. The van der Waals surface area contributed by atoms with Crippen LogP contribution >= 0.6 is 0 Å². The predicted molar refractivity (Wildman–Crippen MR) is 84.3 cm³/mol. The Morgan fingerprint density at radius 1 is 1.36 bits per heavy atom. The van der Waals surface area contributed by atoms with Crippen LogP contribution in [-0.2, 0) is 20.8 Å². The third-order valence-corrected chi connectivity index (χ3v) is 5.79. The first-order valence-electron chi connectivity index (χ1n) is 7.07. The molecule has 0 bridgehead atoms. The highest BCUT2D eigenvalue weighted by Crippen LogP contribution is 2.33. The van der Waals surface area contributed by atoms with Crippen molar-refractivity contribution in [2.75, 3.05) is 11.1 Å². The molecule has 0 aliphatic rings. The third kappa shape index (κ3) is 5.17. The molecule has 0 aliphatic carbocycles. The third-order valence-electron chi connectivity index (χ3n) is 3.39. The average molecular weight is 378 g/mol. The fourth-order valence-corrected chi connectivity index (χ4v) is 3.09. The summed E-state index contributed by atoms with van der Waals surface area (Å²) in [6, 6.07) is 3.87. The molecule has 10 heteroatoms. The van der Waals surface area contributed by atoms with Gasteiger partial charge in [0.05, 0.1) is 28.2 Å². The predicted octanol–water partition coefficient (Wildman–Crippen LogP) is 2.09. The molecule has 0 heterocycles. The zero-order valence-corrected chi connectivity index (χ0v) is 14.5. The molecule has 1 amide bonds. The molecule has 1 unspecified atom stereocenters. The minimum Gasteiger partial charge on any atom is -0.379 e. The second-order valence-corrected chi connectivity index (χ2v) is 8.51. The molecule has 0 saturated heterocycles. The number of benzene rings is 1. The van der Waals surface area contributed by atoms with Crippen LogP contribution in [0.3, 0.4) is 0 Å². The number of amides is 1. The SMILES string of the molecule is CC(C)S(=O)(=O)CC(C)(O)C(=O)Nc1ccc(C#N)c(C(F)(F)F)c1. The van der Waals surface area contributed by atoms with Crippen LogP contribution in [-0.4, -0.2) is 36.0 Å². The number of carbonyl (C=O) groups is 1. The van der Waals surface area contributed by atoms with Gasteiger partial charge in [-0.3, -0.25) is 4.79 Å². The molecule has 0 aromatic heterocycles. The van der Waals surface area contributed by atoms with Crippen molar-refractivity contribution in [3.8, 4) is 6.07 Å². The molecule has 6 nitrogen and oxygen atoms in total. The van der Waals surface area contributed by atoms with Crippen molar-refractivity contribution in [2.24, 2.45) is 0 Å². The second kappa shape index (κ2) is 7.01. The molecule has 1 rings (SSSR count). The summed E-state index contributed by atoms with van der Waals surface area (Å²) < 4.78 is 62.4. The topological polar surface area (TPSA) is 107 Å². The maximum atomic E-state index is 12.9. The van der Waals surface area contributed by atoms with Crippen LogP contribution in [0.2, 0.25) is 0 Å². The monoisotopic (exact) mass is 378 g/mol. The zero-order chi connectivity index (χ0) is 19.6. The number of sulfone groups is 1. The van der Waals surface area contributed by atoms with Gasteiger partial charge in [0.1, 0.15) is 0 Å². The number of alkyl halides is 3. The number of nitriles is 1. The summed E-state index contributed by atoms with van der Waals surface area (Å²) >= 11 is 0. The van der Waals surface area contributed by atoms with Gasteiger partial charge >= 0.3 is 6.18 Å². The van der Waals surface area contributed by atoms with Crippen molar-refractivity contribution >= 4 is 21.4 Å². The van der Waals surface area contributed by atoms with Crippen LogP contribution in [0.25, 0.3) is 0 Å². The number of anilines is 1. The molecule has 25 heavy (non-hydrogen) atoms. The van der Waals surface area contributed by atoms with Crippen molar-refractivity contribution in [1.82, 2.24) is 0 Å². The van der Waals surface area contributed by atoms with E-state index in [-0.39, 0.29) is 5.69 Å². The lowest BCUT2D eigenvalue weighted by molar-refractivity contribution is -0.137. The number of carbonyl (C=O) groups excluding carboxylic acids is 1. The summed E-state index contributed by atoms with van der Waals surface area (Å²) in [6.45, 7) is 3.70. The summed E-state index contributed by atoms with van der Waals surface area (Å²) in [4.78, 5) is 12.1. The van der Waals surface area contributed by atoms with Crippen molar-refractivity contribution in [1.29, 1.82) is 5.26 Å². The molecule has 0 radical (unpaired) electrons. The van der Waals surface area contributed by atoms with E-state index < -0.39 is 49.7 Å². The molecule has 0 saturated carbocycles. The Morgan fingerprint density at radius 2 is 1.92 bits per heavy atom. The van der Waals surface area contributed by atoms with E-state index in [1.807, 2.05) is 5.32 Å². The molecule has 0 spiro atoms. The highest BCUT2D eigenvalue weighted by atomic mass is 32.2. The van der Waals surface area contributed by atoms with Gasteiger partial charge < -0.3 is 10.4 Å². The molecule has 2 N–H and O–H groups in total. The van der Waals surface area contributed by atoms with Gasteiger partial charge in [0.15, 0.2) is 15.4 Å². The number of nitrogens with one attached hydrogen (secondary N) is 1. The first-order valence-corrected chi connectivity index (χ1v) is 8.79. The molecule has 138 valence electrons. The summed E-state index contributed by atoms with van der Waals surface area (Å²) in [5, 5.41) is 20.0. The van der Waals surface area contributed by atoms with Crippen LogP contribution < -0.4 is 5.32 Å². The number of halogens is 3. The van der Waals surface area contributed by atoms with Gasteiger partial charge in [-0.05, 0) is 39.0 Å². The van der Waals surface area contributed by atoms with Crippen LogP contribution in [0.1, 0.15) is 31.9 Å². The number of hydrogen-bond acceptors (Lipinski definition) is 5. The van der Waals surface area contributed by atoms with Gasteiger partial charge in [0, 0.05) is 5.69 Å². The smallest absolute Gasteiger partial charge is 0.379 e. The van der Waals surface area contributed by atoms with E-state index in [2.05, 4.69) is 0 Å². The normalized spacial score (nSPS) is 14.7. The van der Waals surface area contributed by atoms with E-state index in [9.17, 15) is 31.5 Å². The highest BCUT2D eigenvalue weighted by Gasteiger charge is 2.38. The molecule has 1 aromatic carbocycles. The largest absolute Gasteiger partial charge is 0.417 e. The number of rotatable bonds is 5. The van der Waals surface area contributed by atoms with Gasteiger partial charge in [-0.1, -0.05) is 0 Å². The van der Waals surface area contributed by atoms with E-state index in [1.54, 1.807) is 0 Å². The highest BCUT2D eigenvalue weighted by molar-refractivity contribution is 7.92. The van der Waals surface area contributed by atoms with Gasteiger partial charge in [-0.25, -0.2) is 8.42 Å². The summed E-state index contributed by atoms with van der Waals surface area (Å²) in [7, 11) is -3.77. The Balaban J connectivity index is 3.10. The van der Waals surface area contributed by atoms with Gasteiger partial charge in [0.2, 0.25) is 0 Å². The molecular weight excluding hydrogens is 361 g/mol. The Hall–Kier alpha value is -2.12. The maximum absolute atomic E-state index is 12.9. The lowest BCUT2D eigenvalue weighted by atomic mass is 10.1. The Labute approximate surface area is 143 Å². The molecular formula is C15H17F3N2O4S. The lowest BCUT2D eigenvalue weighted by Gasteiger charge is -2.23. The summed E-state index contributed by atoms with van der Waals surface area (Å²) in [5.41, 5.74) is -4.53. The van der Waals surface area contributed by atoms with E-state index in [1.165, 1.54) is 19.9 Å². The number of nitrogens with zero attached hydrogens (tertiary/aromatic N) is 1. The summed E-state index contributed by atoms with van der Waals surface area (Å²) in [5.74, 6) is -2.05. The van der Waals surface area contributed by atoms with E-state index in [0.29, 0.717) is 6.07 Å². The van der Waals surface area contributed by atoms with Gasteiger partial charge in [-0.15, -0.1) is 0 Å². The van der Waals surface area contributed by atoms with Crippen LogP contribution in [0.5, 0.6) is 0 Å². The number of hydrogen-bond donors (Lipinski definition) is 2. The molecule has 1 aromatic rings. The van der Waals surface area contributed by atoms with Crippen molar-refractivity contribution in [2.45, 2.75) is 37.8 Å². The molecule has 1 atom stereocenters. The minimum atomic E-state index is -4.81. The zero-order valence-electron chi connectivity index (χ0n) is 13.7. The molecule has 0 aliphatic heterocycles. The maximum Gasteiger partial charge on any atom is 0.417 e. The van der Waals surface area contributed by atoms with Crippen molar-refractivity contribution < 1.29 is 31.5 Å². The number of aliphatic hydroxyl groups is 1. The Kier molecular flexibility index (Phi) is 5.87. The van der Waals surface area contributed by atoms with E-state index >= 15 is 0 Å². The molecule has 0 fully saturated rings. The van der Waals surface area contributed by atoms with Gasteiger partial charge in [0.25, 0.3) is 5.91 Å². The van der Waals surface area contributed by atoms with Crippen molar-refractivity contribution in [3.63, 3.8) is 0 Å². The van der Waals surface area contributed by atoms with Crippen LogP contribution in [0.4, 0.5) is 18.9 Å². The van der Waals surface area contributed by atoms with E-state index in [0.717, 1.165) is 19.1 Å². The Bertz CT molecular complexity index is 809. The van der Waals surface area contributed by atoms with Gasteiger partial charge in [-0.2, -0.15) is 18.4 Å². The Morgan fingerprint density at radius 3 is 2.36 bits per heavy atom. The summed E-state index contributed by atoms with van der Waals surface area (Å²) in [6.07, 6.45) is -4.81. The van der Waals surface area contributed by atoms with Crippen LogP contribution in [0.15, 0.2) is 18.2 Å². The first-order chi connectivity index (χ1) is 11.2. The van der Waals surface area contributed by atoms with Crippen molar-refractivity contribution in [3.05, 3.63) is 29.3 Å². The average Bonchev–Trinajstić information content (AvgIpc) is 2.45. The lowest BCUT2D eigenvalue weighted by Crippen LogP contribution is -2.47. The van der Waals surface area contributed by atoms with Crippen LogP contribution in [0, 0.1) is 11.3 Å². The first kappa shape index (κ1) is 20.9.